The molecule has 0 radical (unpaired) electrons. The topological polar surface area (TPSA) is 116 Å². The molecule has 1 fully saturated rings. The molecular weight excluding hydrogens is 332 g/mol. The van der Waals surface area contributed by atoms with Crippen LogP contribution < -0.4 is 21.3 Å². The molecule has 0 aromatic carbocycles. The van der Waals surface area contributed by atoms with Crippen LogP contribution in [-0.4, -0.2) is 54.6 Å². The summed E-state index contributed by atoms with van der Waals surface area (Å²) >= 11 is 4.08. The van der Waals surface area contributed by atoms with Gasteiger partial charge in [0.1, 0.15) is 12.1 Å². The lowest BCUT2D eigenvalue weighted by atomic mass is 10.1. The van der Waals surface area contributed by atoms with Gasteiger partial charge in [0.05, 0.1) is 0 Å². The van der Waals surface area contributed by atoms with Gasteiger partial charge < -0.3 is 21.3 Å². The molecule has 0 spiro atoms. The minimum Gasteiger partial charge on any atom is -0.354 e. The summed E-state index contributed by atoms with van der Waals surface area (Å²) in [5.41, 5.74) is 0. The molecule has 0 bridgehead atoms. The van der Waals surface area contributed by atoms with Crippen molar-refractivity contribution in [2.45, 2.75) is 51.1 Å². The predicted octanol–water partition coefficient (Wildman–Crippen LogP) is -0.898. The molecule has 0 unspecified atom stereocenters. The zero-order valence-electron chi connectivity index (χ0n) is 13.9. The smallest absolute Gasteiger partial charge is 0.242 e. The van der Waals surface area contributed by atoms with Gasteiger partial charge in [-0.1, -0.05) is 13.3 Å². The molecule has 0 aliphatic carbocycles. The van der Waals surface area contributed by atoms with Crippen LogP contribution in [0.1, 0.15) is 39.0 Å². The fourth-order valence-electron chi connectivity index (χ4n) is 2.33. The Bertz CT molecular complexity index is 430. The van der Waals surface area contributed by atoms with E-state index in [1.807, 2.05) is 6.92 Å². The highest BCUT2D eigenvalue weighted by Crippen LogP contribution is 2.00. The molecule has 1 rings (SSSR count). The largest absolute Gasteiger partial charge is 0.354 e. The van der Waals surface area contributed by atoms with E-state index in [9.17, 15) is 19.2 Å². The molecule has 24 heavy (non-hydrogen) atoms. The fourth-order valence-corrected chi connectivity index (χ4v) is 2.59. The number of hydrogen-bond acceptors (Lipinski definition) is 5. The number of amides is 4. The first-order valence-electron chi connectivity index (χ1n) is 8.23. The lowest BCUT2D eigenvalue weighted by molar-refractivity contribution is -0.131. The van der Waals surface area contributed by atoms with Gasteiger partial charge in [0.15, 0.2) is 0 Å². The van der Waals surface area contributed by atoms with Crippen molar-refractivity contribution in [2.24, 2.45) is 0 Å². The number of thiol groups is 1. The number of carbonyl (C=O) groups is 4. The van der Waals surface area contributed by atoms with E-state index in [4.69, 9.17) is 0 Å². The molecule has 0 aromatic heterocycles. The summed E-state index contributed by atoms with van der Waals surface area (Å²) in [4.78, 5) is 48.0. The third-order valence-electron chi connectivity index (χ3n) is 3.60. The van der Waals surface area contributed by atoms with Gasteiger partial charge in [-0.25, -0.2) is 0 Å². The van der Waals surface area contributed by atoms with E-state index in [1.165, 1.54) is 0 Å². The second-order valence-corrected chi connectivity index (χ2v) is 6.07. The summed E-state index contributed by atoms with van der Waals surface area (Å²) in [6.45, 7) is 2.21. The molecule has 0 aromatic rings. The van der Waals surface area contributed by atoms with E-state index >= 15 is 0 Å². The van der Waals surface area contributed by atoms with Crippen LogP contribution >= 0.6 is 12.6 Å². The van der Waals surface area contributed by atoms with Gasteiger partial charge in [0.2, 0.25) is 23.6 Å². The third kappa shape index (κ3) is 7.20. The van der Waals surface area contributed by atoms with Crippen LogP contribution in [0.4, 0.5) is 0 Å². The molecule has 1 aliphatic rings. The van der Waals surface area contributed by atoms with Crippen LogP contribution in [0.2, 0.25) is 0 Å². The summed E-state index contributed by atoms with van der Waals surface area (Å²) in [7, 11) is 0. The number of carbonyl (C=O) groups excluding carboxylic acids is 4. The second kappa shape index (κ2) is 10.9. The van der Waals surface area contributed by atoms with Crippen LogP contribution in [0, 0.1) is 0 Å². The van der Waals surface area contributed by atoms with Crippen molar-refractivity contribution in [3.8, 4) is 0 Å². The van der Waals surface area contributed by atoms with Crippen molar-refractivity contribution in [3.63, 3.8) is 0 Å². The van der Waals surface area contributed by atoms with Gasteiger partial charge in [-0.2, -0.15) is 12.6 Å². The number of rotatable bonds is 4. The van der Waals surface area contributed by atoms with Gasteiger partial charge in [-0.05, 0) is 18.6 Å². The van der Waals surface area contributed by atoms with Crippen molar-refractivity contribution in [1.29, 1.82) is 0 Å². The zero-order valence-corrected chi connectivity index (χ0v) is 14.8. The van der Waals surface area contributed by atoms with Gasteiger partial charge >= 0.3 is 0 Å². The highest BCUT2D eigenvalue weighted by atomic mass is 32.1. The van der Waals surface area contributed by atoms with Gasteiger partial charge in [0, 0.05) is 25.9 Å². The van der Waals surface area contributed by atoms with Gasteiger partial charge in [0.25, 0.3) is 0 Å². The maximum absolute atomic E-state index is 12.1. The van der Waals surface area contributed by atoms with Crippen molar-refractivity contribution < 1.29 is 19.2 Å². The second-order valence-electron chi connectivity index (χ2n) is 5.62. The maximum atomic E-state index is 12.1. The lowest BCUT2D eigenvalue weighted by Crippen LogP contribution is -2.51. The Labute approximate surface area is 147 Å². The van der Waals surface area contributed by atoms with E-state index in [-0.39, 0.29) is 49.6 Å². The van der Waals surface area contributed by atoms with E-state index in [0.29, 0.717) is 18.6 Å². The predicted molar refractivity (Wildman–Crippen MR) is 92.5 cm³/mol. The highest BCUT2D eigenvalue weighted by Gasteiger charge is 2.23. The Kier molecular flexibility index (Phi) is 9.21. The van der Waals surface area contributed by atoms with Crippen LogP contribution in [-0.2, 0) is 19.2 Å². The molecule has 1 saturated heterocycles. The number of hydrogen-bond donors (Lipinski definition) is 5. The molecule has 4 N–H and O–H groups in total. The molecule has 136 valence electrons. The monoisotopic (exact) mass is 358 g/mol. The van der Waals surface area contributed by atoms with Crippen molar-refractivity contribution >= 4 is 36.3 Å². The van der Waals surface area contributed by atoms with Crippen LogP contribution in [0.5, 0.6) is 0 Å². The van der Waals surface area contributed by atoms with Crippen molar-refractivity contribution in [2.75, 3.05) is 18.8 Å². The van der Waals surface area contributed by atoms with Crippen LogP contribution in [0.3, 0.4) is 0 Å². The summed E-state index contributed by atoms with van der Waals surface area (Å²) < 4.78 is 0. The Balaban J connectivity index is 2.76. The van der Waals surface area contributed by atoms with E-state index < -0.39 is 12.1 Å². The maximum Gasteiger partial charge on any atom is 0.242 e. The normalized spacial score (nSPS) is 24.2. The summed E-state index contributed by atoms with van der Waals surface area (Å²) in [5.74, 6) is -0.808. The van der Waals surface area contributed by atoms with Crippen LogP contribution in [0.25, 0.3) is 0 Å². The molecule has 1 aliphatic heterocycles. The van der Waals surface area contributed by atoms with Crippen molar-refractivity contribution in [1.82, 2.24) is 21.3 Å². The first-order chi connectivity index (χ1) is 11.5. The average Bonchev–Trinajstić information content (AvgIpc) is 2.53. The highest BCUT2D eigenvalue weighted by molar-refractivity contribution is 7.80. The number of nitrogens with one attached hydrogen (secondary N) is 4. The Morgan fingerprint density at radius 2 is 1.33 bits per heavy atom. The fraction of sp³-hybridized carbons (Fsp3) is 0.733. The van der Waals surface area contributed by atoms with E-state index in [1.54, 1.807) is 0 Å². The minimum absolute atomic E-state index is 0.0644. The van der Waals surface area contributed by atoms with Gasteiger partial charge in [-0.15, -0.1) is 0 Å². The quantitative estimate of drug-likeness (QED) is 0.419. The molecule has 8 nitrogen and oxygen atoms in total. The Morgan fingerprint density at radius 1 is 0.875 bits per heavy atom. The van der Waals surface area contributed by atoms with E-state index in [0.717, 1.165) is 6.42 Å². The Morgan fingerprint density at radius 3 is 1.75 bits per heavy atom. The Hall–Kier alpha value is -1.77. The van der Waals surface area contributed by atoms with Crippen molar-refractivity contribution in [3.05, 3.63) is 0 Å². The molecule has 2 atom stereocenters. The molecule has 4 amide bonds. The van der Waals surface area contributed by atoms with Crippen LogP contribution in [0.15, 0.2) is 0 Å². The first-order valence-corrected chi connectivity index (χ1v) is 8.86. The summed E-state index contributed by atoms with van der Waals surface area (Å²) in [6.07, 6.45) is 1.77. The summed E-state index contributed by atoms with van der Waals surface area (Å²) in [5, 5.41) is 10.6. The SMILES string of the molecule is CCC[C@@H]1NC(=O)CCNC(=O)[C@H](CCS)NC(=O)CCNC1=O. The third-order valence-corrected chi connectivity index (χ3v) is 3.86. The summed E-state index contributed by atoms with van der Waals surface area (Å²) in [6, 6.07) is -1.31. The van der Waals surface area contributed by atoms with E-state index in [2.05, 4.69) is 33.9 Å². The molecule has 1 heterocycles. The standard InChI is InChI=1S/C15H26N4O4S/c1-2-3-10-14(22)16-7-5-13(21)19-11(6-9-24)15(23)17-8-4-12(20)18-10/h10-11,24H,2-9H2,1H3,(H,16,22)(H,17,23)(H,18,20)(H,19,21)/t10-,11-/m0/s1. The lowest BCUT2D eigenvalue weighted by Gasteiger charge is -2.21. The molecule has 9 heteroatoms. The van der Waals surface area contributed by atoms with Gasteiger partial charge in [-0.3, -0.25) is 19.2 Å². The zero-order chi connectivity index (χ0) is 17.9. The molecular formula is C15H26N4O4S. The minimum atomic E-state index is -0.690. The average molecular weight is 358 g/mol. The molecule has 0 saturated carbocycles. The first kappa shape index (κ1) is 20.3.